The van der Waals surface area contributed by atoms with Crippen LogP contribution in [0.3, 0.4) is 0 Å². The molecule has 3 aromatic carbocycles. The first-order valence-electron chi connectivity index (χ1n) is 10.8. The van der Waals surface area contributed by atoms with Gasteiger partial charge in [-0.3, -0.25) is 9.78 Å². The highest BCUT2D eigenvalue weighted by Crippen LogP contribution is 2.43. The van der Waals surface area contributed by atoms with E-state index < -0.39 is 0 Å². The van der Waals surface area contributed by atoms with Crippen LogP contribution in [0.1, 0.15) is 39.6 Å². The van der Waals surface area contributed by atoms with Gasteiger partial charge in [0.1, 0.15) is 23.7 Å². The summed E-state index contributed by atoms with van der Waals surface area (Å²) in [5.74, 6) is 0.171. The normalized spacial score (nSPS) is 14.3. The molecule has 1 atom stereocenters. The standard InChI is InChI=1S/C28H18ClFN2O2/c29-25-11-19(16-33)24(18-10-17(13-31)14-32-15-18)12-28(25)34-27-9-8-21-20(5-3-6-23(21)27)22-4-1-2-7-26(22)30/h1-7,10-12,14-16,27H,8-9H2/t27-/m0/s1. The molecule has 34 heavy (non-hydrogen) atoms. The second-order valence-electron chi connectivity index (χ2n) is 8.06. The van der Waals surface area contributed by atoms with Crippen molar-refractivity contribution in [1.29, 1.82) is 5.26 Å². The lowest BCUT2D eigenvalue weighted by atomic mass is 9.96. The number of hydrogen-bond acceptors (Lipinski definition) is 4. The SMILES string of the molecule is N#Cc1cncc(-c2cc(O[C@H]3CCc4c(-c5ccccc5F)cccc43)c(Cl)cc2C=O)c1. The van der Waals surface area contributed by atoms with Gasteiger partial charge >= 0.3 is 0 Å². The first kappa shape index (κ1) is 21.8. The highest BCUT2D eigenvalue weighted by molar-refractivity contribution is 6.32. The van der Waals surface area contributed by atoms with E-state index in [1.54, 1.807) is 36.5 Å². The molecule has 1 aromatic heterocycles. The van der Waals surface area contributed by atoms with Gasteiger partial charge in [0.05, 0.1) is 10.6 Å². The number of nitrogens with zero attached hydrogens (tertiary/aromatic N) is 2. The summed E-state index contributed by atoms with van der Waals surface area (Å²) in [6.45, 7) is 0. The molecule has 1 aliphatic carbocycles. The Balaban J connectivity index is 1.52. The van der Waals surface area contributed by atoms with Gasteiger partial charge in [0, 0.05) is 29.1 Å². The molecule has 1 aliphatic rings. The first-order valence-corrected chi connectivity index (χ1v) is 11.1. The summed E-state index contributed by atoms with van der Waals surface area (Å²) >= 11 is 6.48. The molecule has 0 bridgehead atoms. The van der Waals surface area contributed by atoms with Gasteiger partial charge < -0.3 is 4.74 Å². The lowest BCUT2D eigenvalue weighted by Crippen LogP contribution is -2.05. The molecule has 1 heterocycles. The fraction of sp³-hybridized carbons (Fsp3) is 0.107. The zero-order valence-electron chi connectivity index (χ0n) is 18.0. The minimum absolute atomic E-state index is 0.259. The number of carbonyl (C=O) groups is 1. The van der Waals surface area contributed by atoms with Gasteiger partial charge in [-0.2, -0.15) is 5.26 Å². The average Bonchev–Trinajstić information content (AvgIpc) is 3.28. The van der Waals surface area contributed by atoms with Gasteiger partial charge in [-0.1, -0.05) is 48.0 Å². The van der Waals surface area contributed by atoms with Crippen LogP contribution in [-0.4, -0.2) is 11.3 Å². The summed E-state index contributed by atoms with van der Waals surface area (Å²) < 4.78 is 20.8. The van der Waals surface area contributed by atoms with Gasteiger partial charge in [-0.15, -0.1) is 0 Å². The predicted octanol–water partition coefficient (Wildman–Crippen LogP) is 6.96. The average molecular weight is 469 g/mol. The third-order valence-corrected chi connectivity index (χ3v) is 6.35. The molecule has 0 radical (unpaired) electrons. The number of fused-ring (bicyclic) bond motifs is 1. The molecule has 0 spiro atoms. The summed E-state index contributed by atoms with van der Waals surface area (Å²) in [6, 6.07) is 19.6. The zero-order chi connectivity index (χ0) is 23.7. The maximum Gasteiger partial charge on any atom is 0.150 e. The van der Waals surface area contributed by atoms with E-state index in [0.717, 1.165) is 29.4 Å². The number of halogens is 2. The Labute approximate surface area is 201 Å². The predicted molar refractivity (Wildman–Crippen MR) is 128 cm³/mol. The molecule has 0 saturated heterocycles. The van der Waals surface area contributed by atoms with E-state index in [-0.39, 0.29) is 11.9 Å². The number of benzene rings is 3. The van der Waals surface area contributed by atoms with Gasteiger partial charge in [0.25, 0.3) is 0 Å². The van der Waals surface area contributed by atoms with Gasteiger partial charge in [-0.05, 0) is 59.4 Å². The van der Waals surface area contributed by atoms with Crippen LogP contribution in [0.2, 0.25) is 5.02 Å². The number of carbonyl (C=O) groups excluding carboxylic acids is 1. The second-order valence-corrected chi connectivity index (χ2v) is 8.47. The van der Waals surface area contributed by atoms with Crippen LogP contribution in [0.4, 0.5) is 4.39 Å². The monoisotopic (exact) mass is 468 g/mol. The van der Waals surface area contributed by atoms with E-state index in [1.807, 2.05) is 24.3 Å². The number of ether oxygens (including phenoxy) is 1. The molecule has 0 amide bonds. The van der Waals surface area contributed by atoms with Crippen LogP contribution in [0, 0.1) is 17.1 Å². The highest BCUT2D eigenvalue weighted by Gasteiger charge is 2.28. The Bertz CT molecular complexity index is 1460. The Morgan fingerprint density at radius 1 is 1.06 bits per heavy atom. The quantitative estimate of drug-likeness (QED) is 0.297. The number of rotatable bonds is 5. The number of hydrogen-bond donors (Lipinski definition) is 0. The largest absolute Gasteiger partial charge is 0.484 e. The zero-order valence-corrected chi connectivity index (χ0v) is 18.7. The van der Waals surface area contributed by atoms with Gasteiger partial charge in [-0.25, -0.2) is 4.39 Å². The molecule has 4 aromatic rings. The minimum Gasteiger partial charge on any atom is -0.484 e. The van der Waals surface area contributed by atoms with E-state index in [1.165, 1.54) is 12.3 Å². The fourth-order valence-corrected chi connectivity index (χ4v) is 4.70. The van der Waals surface area contributed by atoms with Crippen LogP contribution in [-0.2, 0) is 6.42 Å². The fourth-order valence-electron chi connectivity index (χ4n) is 4.48. The lowest BCUT2D eigenvalue weighted by molar-refractivity contribution is 0.112. The highest BCUT2D eigenvalue weighted by atomic mass is 35.5. The van der Waals surface area contributed by atoms with Crippen molar-refractivity contribution in [3.05, 3.63) is 106 Å². The molecule has 0 fully saturated rings. The van der Waals surface area contributed by atoms with Crippen LogP contribution in [0.5, 0.6) is 5.75 Å². The van der Waals surface area contributed by atoms with Crippen molar-refractivity contribution in [2.75, 3.05) is 0 Å². The lowest BCUT2D eigenvalue weighted by Gasteiger charge is -2.18. The maximum atomic E-state index is 14.5. The summed E-state index contributed by atoms with van der Waals surface area (Å²) in [4.78, 5) is 15.8. The van der Waals surface area contributed by atoms with Gasteiger partial charge in [0.15, 0.2) is 6.29 Å². The number of nitriles is 1. The number of aldehydes is 1. The molecular weight excluding hydrogens is 451 g/mol. The topological polar surface area (TPSA) is 63.0 Å². The smallest absolute Gasteiger partial charge is 0.150 e. The van der Waals surface area contributed by atoms with Gasteiger partial charge in [0.2, 0.25) is 0 Å². The third-order valence-electron chi connectivity index (χ3n) is 6.06. The van der Waals surface area contributed by atoms with Crippen LogP contribution in [0.25, 0.3) is 22.3 Å². The van der Waals surface area contributed by atoms with E-state index in [9.17, 15) is 14.4 Å². The summed E-state index contributed by atoms with van der Waals surface area (Å²) in [6.07, 6.45) is 4.96. The molecule has 6 heteroatoms. The van der Waals surface area contributed by atoms with E-state index in [0.29, 0.717) is 45.0 Å². The molecule has 0 N–H and O–H groups in total. The molecule has 5 rings (SSSR count). The Kier molecular flexibility index (Phi) is 5.83. The molecule has 4 nitrogen and oxygen atoms in total. The summed E-state index contributed by atoms with van der Waals surface area (Å²) in [7, 11) is 0. The van der Waals surface area contributed by atoms with Crippen molar-refractivity contribution in [3.8, 4) is 34.1 Å². The van der Waals surface area contributed by atoms with Crippen LogP contribution < -0.4 is 4.74 Å². The Morgan fingerprint density at radius 2 is 1.88 bits per heavy atom. The second kappa shape index (κ2) is 9.09. The number of aromatic nitrogens is 1. The van der Waals surface area contributed by atoms with Crippen molar-refractivity contribution in [2.24, 2.45) is 0 Å². The Morgan fingerprint density at radius 3 is 2.68 bits per heavy atom. The molecule has 0 aliphatic heterocycles. The van der Waals surface area contributed by atoms with Crippen LogP contribution >= 0.6 is 11.6 Å². The maximum absolute atomic E-state index is 14.5. The third kappa shape index (κ3) is 3.93. The van der Waals surface area contributed by atoms with Crippen molar-refractivity contribution in [2.45, 2.75) is 18.9 Å². The molecule has 166 valence electrons. The van der Waals surface area contributed by atoms with Crippen molar-refractivity contribution in [1.82, 2.24) is 4.98 Å². The molecule has 0 saturated carbocycles. The van der Waals surface area contributed by atoms with Crippen molar-refractivity contribution >= 4 is 17.9 Å². The summed E-state index contributed by atoms with van der Waals surface area (Å²) in [5, 5.41) is 9.52. The van der Waals surface area contributed by atoms with Crippen LogP contribution in [0.15, 0.2) is 73.1 Å². The van der Waals surface area contributed by atoms with E-state index in [2.05, 4.69) is 11.1 Å². The summed E-state index contributed by atoms with van der Waals surface area (Å²) in [5.41, 5.74) is 5.45. The van der Waals surface area contributed by atoms with Crippen molar-refractivity contribution < 1.29 is 13.9 Å². The number of pyridine rings is 1. The molecule has 0 unspecified atom stereocenters. The van der Waals surface area contributed by atoms with E-state index >= 15 is 0 Å². The van der Waals surface area contributed by atoms with E-state index in [4.69, 9.17) is 16.3 Å². The molecular formula is C28H18ClFN2O2. The van der Waals surface area contributed by atoms with Crippen molar-refractivity contribution in [3.63, 3.8) is 0 Å². The first-order chi connectivity index (χ1) is 16.6. The minimum atomic E-state index is -0.266. The Hall–Kier alpha value is -4.01.